The fraction of sp³-hybridized carbons (Fsp3) is 1.00. The van der Waals surface area contributed by atoms with E-state index in [-0.39, 0.29) is 0 Å². The third kappa shape index (κ3) is 4.83. The number of rotatable bonds is 9. The molecule has 16 nitrogen and oxygen atoms in total. The molecule has 3 fully saturated rings. The number of hydrogen-bond acceptors (Lipinski definition) is 16. The van der Waals surface area contributed by atoms with E-state index in [0.29, 0.717) is 0 Å². The second-order valence-corrected chi connectivity index (χ2v) is 8.47. The van der Waals surface area contributed by atoms with Crippen molar-refractivity contribution in [2.45, 2.75) is 78.9 Å². The summed E-state index contributed by atoms with van der Waals surface area (Å²) in [6, 6.07) is 0. The van der Waals surface area contributed by atoms with Crippen molar-refractivity contribution >= 4 is 0 Å². The molecule has 0 aromatic rings. The van der Waals surface area contributed by atoms with Crippen LogP contribution in [0.3, 0.4) is 0 Å². The predicted molar refractivity (Wildman–Crippen MR) is 101 cm³/mol. The maximum absolute atomic E-state index is 10.6. The van der Waals surface area contributed by atoms with Crippen molar-refractivity contribution in [3.8, 4) is 0 Å². The highest BCUT2D eigenvalue weighted by Gasteiger charge is 2.60. The predicted octanol–water partition coefficient (Wildman–Crippen LogP) is -7.57. The van der Waals surface area contributed by atoms with E-state index in [1.807, 2.05) is 0 Å². The van der Waals surface area contributed by atoms with Gasteiger partial charge < -0.3 is 79.9 Å². The lowest BCUT2D eigenvalue weighted by molar-refractivity contribution is -0.352. The topological polar surface area (TPSA) is 269 Å². The second kappa shape index (κ2) is 10.8. The molecule has 0 aromatic carbocycles. The molecule has 16 heteroatoms. The maximum Gasteiger partial charge on any atom is 0.222 e. The van der Waals surface area contributed by atoms with E-state index in [9.17, 15) is 56.2 Å². The molecule has 3 aliphatic rings. The van der Waals surface area contributed by atoms with Crippen molar-refractivity contribution in [1.29, 1.82) is 0 Å². The van der Waals surface area contributed by atoms with Crippen LogP contribution >= 0.6 is 0 Å². The molecule has 0 saturated carbocycles. The number of aliphatic hydroxyl groups excluding tert-OH is 11. The Balaban J connectivity index is 1.79. The van der Waals surface area contributed by atoms with Crippen molar-refractivity contribution in [3.05, 3.63) is 0 Å². The van der Waals surface area contributed by atoms with E-state index >= 15 is 0 Å². The van der Waals surface area contributed by atoms with Gasteiger partial charge in [0.1, 0.15) is 74.3 Å². The smallest absolute Gasteiger partial charge is 0.222 e. The third-order valence-electron chi connectivity index (χ3n) is 6.29. The Bertz CT molecular complexity index is 670. The highest BCUT2D eigenvalue weighted by Crippen LogP contribution is 2.38. The quantitative estimate of drug-likeness (QED) is 0.139. The average molecular weight is 504 g/mol. The summed E-state index contributed by atoms with van der Waals surface area (Å²) in [6.45, 7) is -4.15. The Morgan fingerprint density at radius 3 is 1.62 bits per heavy atom. The molecular formula is C18H32O16. The van der Waals surface area contributed by atoms with E-state index in [1.54, 1.807) is 0 Å². The van der Waals surface area contributed by atoms with Crippen molar-refractivity contribution in [1.82, 2.24) is 0 Å². The van der Waals surface area contributed by atoms with Gasteiger partial charge in [0.15, 0.2) is 6.29 Å². The van der Waals surface area contributed by atoms with Gasteiger partial charge in [-0.3, -0.25) is 0 Å². The molecule has 0 aromatic heterocycles. The molecule has 0 bridgehead atoms. The van der Waals surface area contributed by atoms with Crippen LogP contribution in [0, 0.1) is 0 Å². The lowest BCUT2D eigenvalue weighted by Crippen LogP contribution is -2.60. The van der Waals surface area contributed by atoms with Gasteiger partial charge >= 0.3 is 0 Å². The fourth-order valence-corrected chi connectivity index (χ4v) is 4.10. The van der Waals surface area contributed by atoms with Crippen LogP contribution in [0.2, 0.25) is 0 Å². The molecule has 13 atom stereocenters. The molecule has 0 spiro atoms. The second-order valence-electron chi connectivity index (χ2n) is 8.47. The molecule has 3 heterocycles. The molecule has 0 aliphatic carbocycles. The van der Waals surface area contributed by atoms with Crippen LogP contribution in [-0.4, -0.2) is 168 Å². The van der Waals surface area contributed by atoms with Crippen LogP contribution in [-0.2, 0) is 23.7 Å². The SMILES string of the molecule is OC[C@H]1O[C@@](CO)(OC[C@@]2(OC[C@H]3O[C@@H](O)[C@H](O)[C@@H](O)[C@@H]3O)O[C@H](CO)[C@@H](O)[C@@H]2O)[C@@H](O)[C@@H]1O. The standard InChI is InChI=1S/C18H32O16/c19-1-6-10(23)14(27)17(4-21,33-6)31-5-18(15(28)11(24)7(2-20)34-18)30-3-8-9(22)12(25)13(26)16(29)32-8/h6-16,19-29H,1-5H2/t6-,7-,8-,9-,10-,11-,12+,13-,14+,15+,16-,17-,18-/m1/s1. The summed E-state index contributed by atoms with van der Waals surface area (Å²) < 4.78 is 26.7. The van der Waals surface area contributed by atoms with Crippen LogP contribution in [0.5, 0.6) is 0 Å². The van der Waals surface area contributed by atoms with E-state index in [2.05, 4.69) is 0 Å². The van der Waals surface area contributed by atoms with Crippen LogP contribution in [0.1, 0.15) is 0 Å². The lowest BCUT2D eigenvalue weighted by Gasteiger charge is -2.41. The fourth-order valence-electron chi connectivity index (χ4n) is 4.10. The summed E-state index contributed by atoms with van der Waals surface area (Å²) >= 11 is 0. The normalized spacial score (nSPS) is 51.8. The number of ether oxygens (including phenoxy) is 5. The monoisotopic (exact) mass is 504 g/mol. The first kappa shape index (κ1) is 27.9. The minimum absolute atomic E-state index is 0.718. The van der Waals surface area contributed by atoms with Gasteiger partial charge in [0, 0.05) is 0 Å². The summed E-state index contributed by atoms with van der Waals surface area (Å²) in [6.07, 6.45) is -18.6. The largest absolute Gasteiger partial charge is 0.394 e. The third-order valence-corrected chi connectivity index (χ3v) is 6.29. The van der Waals surface area contributed by atoms with Gasteiger partial charge in [-0.15, -0.1) is 0 Å². The van der Waals surface area contributed by atoms with Gasteiger partial charge in [0.2, 0.25) is 11.6 Å². The molecule has 200 valence electrons. The zero-order valence-electron chi connectivity index (χ0n) is 17.8. The zero-order valence-corrected chi connectivity index (χ0v) is 17.8. The van der Waals surface area contributed by atoms with Gasteiger partial charge in [-0.2, -0.15) is 0 Å². The Kier molecular flexibility index (Phi) is 8.85. The van der Waals surface area contributed by atoms with Gasteiger partial charge in [0.25, 0.3) is 0 Å². The van der Waals surface area contributed by atoms with E-state index in [4.69, 9.17) is 23.7 Å². The first-order valence-electron chi connectivity index (χ1n) is 10.5. The molecule has 3 rings (SSSR count). The highest BCUT2D eigenvalue weighted by molar-refractivity contribution is 5.01. The minimum Gasteiger partial charge on any atom is -0.394 e. The van der Waals surface area contributed by atoms with Crippen LogP contribution in [0.4, 0.5) is 0 Å². The molecule has 0 radical (unpaired) electrons. The van der Waals surface area contributed by atoms with Crippen molar-refractivity contribution < 1.29 is 79.9 Å². The molecular weight excluding hydrogens is 472 g/mol. The lowest BCUT2D eigenvalue weighted by atomic mass is 9.99. The molecule has 0 unspecified atom stereocenters. The van der Waals surface area contributed by atoms with Gasteiger partial charge in [0.05, 0.1) is 19.8 Å². The Labute approximate surface area is 192 Å². The van der Waals surface area contributed by atoms with Crippen molar-refractivity contribution in [3.63, 3.8) is 0 Å². The first-order chi connectivity index (χ1) is 16.0. The summed E-state index contributed by atoms with van der Waals surface area (Å²) in [5, 5.41) is 109. The summed E-state index contributed by atoms with van der Waals surface area (Å²) in [5.41, 5.74) is 0. The summed E-state index contributed by atoms with van der Waals surface area (Å²) in [5.74, 6) is -4.64. The minimum atomic E-state index is -2.34. The Morgan fingerprint density at radius 1 is 0.588 bits per heavy atom. The van der Waals surface area contributed by atoms with Gasteiger partial charge in [-0.25, -0.2) is 0 Å². The zero-order chi connectivity index (χ0) is 25.4. The van der Waals surface area contributed by atoms with Gasteiger partial charge in [-0.05, 0) is 0 Å². The van der Waals surface area contributed by atoms with Gasteiger partial charge in [-0.1, -0.05) is 0 Å². The van der Waals surface area contributed by atoms with Crippen LogP contribution in [0.25, 0.3) is 0 Å². The number of aliphatic hydroxyl groups is 11. The first-order valence-corrected chi connectivity index (χ1v) is 10.5. The molecule has 11 N–H and O–H groups in total. The molecule has 0 amide bonds. The molecule has 3 aliphatic heterocycles. The average Bonchev–Trinajstić information content (AvgIpc) is 3.23. The summed E-state index contributed by atoms with van der Waals surface area (Å²) in [4.78, 5) is 0. The molecule has 3 saturated heterocycles. The van der Waals surface area contributed by atoms with E-state index in [0.717, 1.165) is 0 Å². The van der Waals surface area contributed by atoms with Crippen molar-refractivity contribution in [2.24, 2.45) is 0 Å². The molecule has 34 heavy (non-hydrogen) atoms. The van der Waals surface area contributed by atoms with Crippen LogP contribution < -0.4 is 0 Å². The van der Waals surface area contributed by atoms with E-state index in [1.165, 1.54) is 0 Å². The Hall–Kier alpha value is -0.640. The maximum atomic E-state index is 10.6. The Morgan fingerprint density at radius 2 is 1.12 bits per heavy atom. The van der Waals surface area contributed by atoms with Crippen LogP contribution in [0.15, 0.2) is 0 Å². The van der Waals surface area contributed by atoms with E-state index < -0.39 is 112 Å². The van der Waals surface area contributed by atoms with Crippen molar-refractivity contribution in [2.75, 3.05) is 33.0 Å². The number of hydrogen-bond donors (Lipinski definition) is 11. The highest BCUT2D eigenvalue weighted by atomic mass is 16.8. The summed E-state index contributed by atoms with van der Waals surface area (Å²) in [7, 11) is 0.